The van der Waals surface area contributed by atoms with E-state index >= 15 is 0 Å². The molecule has 0 aliphatic carbocycles. The fraction of sp³-hybridized carbons (Fsp3) is 0.429. The van der Waals surface area contributed by atoms with Crippen molar-refractivity contribution < 1.29 is 4.39 Å². The zero-order valence-corrected chi connectivity index (χ0v) is 9.97. The summed E-state index contributed by atoms with van der Waals surface area (Å²) in [5.74, 6) is 0.355. The molecule has 0 bridgehead atoms. The lowest BCUT2D eigenvalue weighted by Gasteiger charge is -2.08. The average molecular weight is 206 g/mol. The Balaban J connectivity index is 2.95. The van der Waals surface area contributed by atoms with Crippen molar-refractivity contribution in [3.05, 3.63) is 46.8 Å². The Morgan fingerprint density at radius 3 is 2.53 bits per heavy atom. The zero-order valence-electron chi connectivity index (χ0n) is 9.97. The molecule has 0 unspecified atom stereocenters. The quantitative estimate of drug-likeness (QED) is 0.640. The average Bonchev–Trinajstić information content (AvgIpc) is 2.16. The van der Waals surface area contributed by atoms with Gasteiger partial charge in [-0.1, -0.05) is 37.6 Å². The standard InChI is InChI=1S/C14H19F/c1-10(2)5-6-13-9-12(11(3)4)7-8-14(13)15/h5,7-9,11H,6H2,1-4H3. The molecule has 1 rings (SSSR count). The van der Waals surface area contributed by atoms with Crippen molar-refractivity contribution in [2.45, 2.75) is 40.0 Å². The summed E-state index contributed by atoms with van der Waals surface area (Å²) in [5.41, 5.74) is 3.22. The van der Waals surface area contributed by atoms with Crippen molar-refractivity contribution in [3.8, 4) is 0 Å². The number of hydrogen-bond donors (Lipinski definition) is 0. The molecule has 0 saturated heterocycles. The van der Waals surface area contributed by atoms with Gasteiger partial charge in [-0.25, -0.2) is 4.39 Å². The molecule has 0 fully saturated rings. The minimum absolute atomic E-state index is 0.100. The second kappa shape index (κ2) is 5.11. The van der Waals surface area contributed by atoms with Crippen molar-refractivity contribution in [2.24, 2.45) is 0 Å². The van der Waals surface area contributed by atoms with Gasteiger partial charge >= 0.3 is 0 Å². The van der Waals surface area contributed by atoms with Crippen LogP contribution in [0.5, 0.6) is 0 Å². The highest BCUT2D eigenvalue weighted by Crippen LogP contribution is 2.19. The predicted octanol–water partition coefficient (Wildman–Crippen LogP) is 4.46. The Morgan fingerprint density at radius 1 is 1.33 bits per heavy atom. The first-order valence-corrected chi connectivity index (χ1v) is 5.42. The maximum Gasteiger partial charge on any atom is 0.126 e. The normalized spacial score (nSPS) is 10.5. The number of benzene rings is 1. The largest absolute Gasteiger partial charge is 0.207 e. The molecule has 0 aliphatic rings. The van der Waals surface area contributed by atoms with Crippen LogP contribution in [0.2, 0.25) is 0 Å². The van der Waals surface area contributed by atoms with Crippen LogP contribution < -0.4 is 0 Å². The molecule has 0 N–H and O–H groups in total. The molecule has 15 heavy (non-hydrogen) atoms. The van der Waals surface area contributed by atoms with Gasteiger partial charge in [0.1, 0.15) is 5.82 Å². The lowest BCUT2D eigenvalue weighted by atomic mass is 9.99. The Hall–Kier alpha value is -1.11. The molecular weight excluding hydrogens is 187 g/mol. The Bertz CT molecular complexity index is 358. The number of allylic oxidation sites excluding steroid dienone is 2. The molecule has 0 heterocycles. The second-order valence-corrected chi connectivity index (χ2v) is 4.49. The van der Waals surface area contributed by atoms with E-state index < -0.39 is 0 Å². The van der Waals surface area contributed by atoms with E-state index in [-0.39, 0.29) is 5.82 Å². The van der Waals surface area contributed by atoms with Gasteiger partial charge in [0.05, 0.1) is 0 Å². The summed E-state index contributed by atoms with van der Waals surface area (Å²) in [6.45, 7) is 8.31. The topological polar surface area (TPSA) is 0 Å². The Morgan fingerprint density at radius 2 is 2.00 bits per heavy atom. The van der Waals surface area contributed by atoms with Crippen LogP contribution in [-0.2, 0) is 6.42 Å². The van der Waals surface area contributed by atoms with Crippen molar-refractivity contribution in [2.75, 3.05) is 0 Å². The monoisotopic (exact) mass is 206 g/mol. The summed E-state index contributed by atoms with van der Waals surface area (Å²) in [6.07, 6.45) is 2.75. The van der Waals surface area contributed by atoms with Crippen LogP contribution in [0.25, 0.3) is 0 Å². The molecule has 0 spiro atoms. The van der Waals surface area contributed by atoms with Crippen molar-refractivity contribution >= 4 is 0 Å². The van der Waals surface area contributed by atoms with E-state index in [9.17, 15) is 4.39 Å². The molecule has 0 radical (unpaired) electrons. The summed E-state index contributed by atoms with van der Waals surface area (Å²) in [6, 6.07) is 5.41. The van der Waals surface area contributed by atoms with Gasteiger partial charge in [-0.2, -0.15) is 0 Å². The van der Waals surface area contributed by atoms with Crippen LogP contribution in [0.15, 0.2) is 29.8 Å². The van der Waals surface area contributed by atoms with Crippen LogP contribution >= 0.6 is 0 Å². The third-order valence-corrected chi connectivity index (χ3v) is 2.47. The number of halogens is 1. The van der Waals surface area contributed by atoms with E-state index in [1.54, 1.807) is 6.07 Å². The van der Waals surface area contributed by atoms with Gasteiger partial charge in [-0.15, -0.1) is 0 Å². The van der Waals surface area contributed by atoms with Crippen LogP contribution in [-0.4, -0.2) is 0 Å². The van der Waals surface area contributed by atoms with E-state index in [1.807, 2.05) is 26.0 Å². The van der Waals surface area contributed by atoms with E-state index in [0.29, 0.717) is 12.3 Å². The molecular formula is C14H19F. The minimum atomic E-state index is -0.100. The summed E-state index contributed by atoms with van der Waals surface area (Å²) >= 11 is 0. The highest BCUT2D eigenvalue weighted by Gasteiger charge is 2.04. The molecule has 0 aromatic heterocycles. The van der Waals surface area contributed by atoms with Crippen LogP contribution in [0.4, 0.5) is 4.39 Å². The van der Waals surface area contributed by atoms with Gasteiger partial charge in [0.15, 0.2) is 0 Å². The lowest BCUT2D eigenvalue weighted by Crippen LogP contribution is -1.94. The maximum absolute atomic E-state index is 13.5. The first-order valence-electron chi connectivity index (χ1n) is 5.42. The minimum Gasteiger partial charge on any atom is -0.207 e. The fourth-order valence-electron chi connectivity index (χ4n) is 1.42. The van der Waals surface area contributed by atoms with Crippen LogP contribution in [0.3, 0.4) is 0 Å². The van der Waals surface area contributed by atoms with E-state index in [1.165, 1.54) is 11.1 Å². The molecule has 0 atom stereocenters. The number of rotatable bonds is 3. The molecule has 1 heteroatoms. The highest BCUT2D eigenvalue weighted by atomic mass is 19.1. The van der Waals surface area contributed by atoms with Crippen molar-refractivity contribution in [1.29, 1.82) is 0 Å². The first kappa shape index (κ1) is 12.0. The third-order valence-electron chi connectivity index (χ3n) is 2.47. The van der Waals surface area contributed by atoms with Gasteiger partial charge in [0, 0.05) is 0 Å². The van der Waals surface area contributed by atoms with Gasteiger partial charge in [0.2, 0.25) is 0 Å². The lowest BCUT2D eigenvalue weighted by molar-refractivity contribution is 0.613. The van der Waals surface area contributed by atoms with Gasteiger partial charge < -0.3 is 0 Å². The van der Waals surface area contributed by atoms with E-state index in [2.05, 4.69) is 19.9 Å². The van der Waals surface area contributed by atoms with E-state index in [0.717, 1.165) is 5.56 Å². The SMILES string of the molecule is CC(C)=CCc1cc(C(C)C)ccc1F. The predicted molar refractivity (Wildman–Crippen MR) is 63.6 cm³/mol. The summed E-state index contributed by atoms with van der Waals surface area (Å²) in [7, 11) is 0. The Labute approximate surface area is 91.8 Å². The van der Waals surface area contributed by atoms with Crippen molar-refractivity contribution in [3.63, 3.8) is 0 Å². The van der Waals surface area contributed by atoms with E-state index in [4.69, 9.17) is 0 Å². The third kappa shape index (κ3) is 3.50. The summed E-state index contributed by atoms with van der Waals surface area (Å²) in [4.78, 5) is 0. The second-order valence-electron chi connectivity index (χ2n) is 4.49. The molecule has 0 amide bonds. The molecule has 0 nitrogen and oxygen atoms in total. The Kier molecular flexibility index (Phi) is 4.07. The van der Waals surface area contributed by atoms with Gasteiger partial charge in [-0.05, 0) is 43.4 Å². The molecule has 82 valence electrons. The van der Waals surface area contributed by atoms with Crippen LogP contribution in [0, 0.1) is 5.82 Å². The highest BCUT2D eigenvalue weighted by molar-refractivity contribution is 5.29. The fourth-order valence-corrected chi connectivity index (χ4v) is 1.42. The van der Waals surface area contributed by atoms with Gasteiger partial charge in [0.25, 0.3) is 0 Å². The van der Waals surface area contributed by atoms with Crippen molar-refractivity contribution in [1.82, 2.24) is 0 Å². The molecule has 1 aromatic carbocycles. The number of hydrogen-bond acceptors (Lipinski definition) is 0. The first-order chi connectivity index (χ1) is 7.00. The zero-order chi connectivity index (χ0) is 11.4. The molecule has 0 aliphatic heterocycles. The molecule has 0 saturated carbocycles. The summed E-state index contributed by atoms with van der Waals surface area (Å²) < 4.78 is 13.5. The van der Waals surface area contributed by atoms with Gasteiger partial charge in [-0.3, -0.25) is 0 Å². The molecule has 1 aromatic rings. The summed E-state index contributed by atoms with van der Waals surface area (Å²) in [5, 5.41) is 0. The maximum atomic E-state index is 13.5. The smallest absolute Gasteiger partial charge is 0.126 e. The van der Waals surface area contributed by atoms with Crippen LogP contribution in [0.1, 0.15) is 44.7 Å².